The third kappa shape index (κ3) is 6.73. The van der Waals surface area contributed by atoms with Crippen molar-refractivity contribution >= 4 is 31.2 Å². The lowest BCUT2D eigenvalue weighted by molar-refractivity contribution is 0.347. The summed E-state index contributed by atoms with van der Waals surface area (Å²) in [6.07, 6.45) is 0. The molecule has 0 aliphatic rings. The fraction of sp³-hybridized carbons (Fsp3) is 0.118. The first-order valence-corrected chi connectivity index (χ1v) is 16.3. The third-order valence-electron chi connectivity index (χ3n) is 6.88. The van der Waals surface area contributed by atoms with E-state index in [2.05, 4.69) is 28.9 Å². The maximum Gasteiger partial charge on any atom is 0.474 e. The summed E-state index contributed by atoms with van der Waals surface area (Å²) in [5, 5.41) is 2.37. The highest BCUT2D eigenvalue weighted by molar-refractivity contribution is 7.76. The molecule has 0 aromatic heterocycles. The van der Waals surface area contributed by atoms with E-state index in [0.29, 0.717) is 26.2 Å². The first-order valence-electron chi connectivity index (χ1n) is 13.5. The molecule has 0 spiro atoms. The molecule has 0 bridgehead atoms. The molecule has 5 rings (SSSR count). The van der Waals surface area contributed by atoms with Crippen molar-refractivity contribution in [3.8, 4) is 0 Å². The van der Waals surface area contributed by atoms with E-state index in [0.717, 1.165) is 27.0 Å². The van der Waals surface area contributed by atoms with Crippen molar-refractivity contribution in [2.75, 3.05) is 13.1 Å². The molecule has 6 heteroatoms. The van der Waals surface area contributed by atoms with Crippen molar-refractivity contribution in [2.45, 2.75) is 13.1 Å². The molecular formula is C34H33N2O2P2+. The van der Waals surface area contributed by atoms with Gasteiger partial charge in [-0.25, -0.2) is 4.67 Å². The zero-order chi connectivity index (χ0) is 27.6. The van der Waals surface area contributed by atoms with Crippen molar-refractivity contribution in [1.82, 2.24) is 9.34 Å². The Morgan fingerprint density at radius 1 is 0.500 bits per heavy atom. The van der Waals surface area contributed by atoms with Crippen LogP contribution in [-0.2, 0) is 22.2 Å². The van der Waals surface area contributed by atoms with Crippen LogP contribution < -0.4 is 15.9 Å². The Balaban J connectivity index is 1.53. The second kappa shape index (κ2) is 13.6. The van der Waals surface area contributed by atoms with Crippen LogP contribution in [0.2, 0.25) is 0 Å². The normalized spacial score (nSPS) is 12.0. The SMILES string of the molecule is O=[P+](c1ccccc1)N(CCN(Cc1ccccc1)P(=O)(c1ccccc1)c1ccccc1)Cc1ccccc1. The molecule has 0 aliphatic heterocycles. The molecular weight excluding hydrogens is 530 g/mol. The van der Waals surface area contributed by atoms with Gasteiger partial charge in [-0.3, -0.25) is 4.57 Å². The molecule has 0 heterocycles. The largest absolute Gasteiger partial charge is 0.474 e. The highest BCUT2D eigenvalue weighted by Gasteiger charge is 2.37. The Hall–Kier alpha value is -3.65. The Morgan fingerprint density at radius 3 is 1.38 bits per heavy atom. The maximum atomic E-state index is 15.4. The lowest BCUT2D eigenvalue weighted by Gasteiger charge is -2.33. The molecule has 0 saturated heterocycles. The second-order valence-corrected chi connectivity index (χ2v) is 14.0. The molecule has 0 aliphatic carbocycles. The van der Waals surface area contributed by atoms with Crippen molar-refractivity contribution in [1.29, 1.82) is 0 Å². The number of hydrogen-bond donors (Lipinski definition) is 0. The summed E-state index contributed by atoms with van der Waals surface area (Å²) in [6, 6.07) is 49.4. The number of hydrogen-bond acceptors (Lipinski definition) is 2. The minimum Gasteiger partial charge on any atom is -0.296 e. The molecule has 0 N–H and O–H groups in total. The minimum absolute atomic E-state index is 0.469. The monoisotopic (exact) mass is 563 g/mol. The summed E-state index contributed by atoms with van der Waals surface area (Å²) in [7, 11) is -5.06. The van der Waals surface area contributed by atoms with Gasteiger partial charge in [0.1, 0.15) is 0 Å². The second-order valence-electron chi connectivity index (χ2n) is 9.60. The van der Waals surface area contributed by atoms with Gasteiger partial charge in [-0.1, -0.05) is 120 Å². The summed E-state index contributed by atoms with van der Waals surface area (Å²) in [5.41, 5.74) is 2.17. The van der Waals surface area contributed by atoms with Crippen LogP contribution in [0.15, 0.2) is 152 Å². The van der Waals surface area contributed by atoms with Crippen LogP contribution in [0.5, 0.6) is 0 Å². The van der Waals surface area contributed by atoms with Crippen LogP contribution in [0.1, 0.15) is 11.1 Å². The van der Waals surface area contributed by atoms with E-state index in [1.165, 1.54) is 0 Å². The van der Waals surface area contributed by atoms with Gasteiger partial charge in [0.05, 0.1) is 13.1 Å². The fourth-order valence-electron chi connectivity index (χ4n) is 4.83. The van der Waals surface area contributed by atoms with Gasteiger partial charge in [0, 0.05) is 23.7 Å². The van der Waals surface area contributed by atoms with Crippen LogP contribution in [0.3, 0.4) is 0 Å². The highest BCUT2D eigenvalue weighted by atomic mass is 31.2. The molecule has 0 amide bonds. The third-order valence-corrected chi connectivity index (χ3v) is 11.6. The smallest absolute Gasteiger partial charge is 0.296 e. The quantitative estimate of drug-likeness (QED) is 0.154. The van der Waals surface area contributed by atoms with E-state index in [-0.39, 0.29) is 0 Å². The molecule has 4 nitrogen and oxygen atoms in total. The fourth-order valence-corrected chi connectivity index (χ4v) is 8.98. The van der Waals surface area contributed by atoms with Crippen molar-refractivity contribution in [2.24, 2.45) is 0 Å². The topological polar surface area (TPSA) is 40.6 Å². The zero-order valence-electron chi connectivity index (χ0n) is 22.4. The van der Waals surface area contributed by atoms with E-state index >= 15 is 4.57 Å². The van der Waals surface area contributed by atoms with E-state index < -0.39 is 15.2 Å². The Labute approximate surface area is 238 Å². The summed E-state index contributed by atoms with van der Waals surface area (Å²) >= 11 is 0. The molecule has 0 radical (unpaired) electrons. The van der Waals surface area contributed by atoms with Crippen molar-refractivity contribution < 1.29 is 9.13 Å². The predicted octanol–water partition coefficient (Wildman–Crippen LogP) is 6.99. The van der Waals surface area contributed by atoms with Crippen LogP contribution in [-0.4, -0.2) is 22.4 Å². The van der Waals surface area contributed by atoms with E-state index in [4.69, 9.17) is 0 Å². The Kier molecular flexibility index (Phi) is 9.50. The standard InChI is InChI=1S/C34H33N2O2P2/c37-39(32-20-10-3-11-21-32)35(28-30-16-6-1-7-17-30)26-27-36(29-31-18-8-2-9-19-31)40(38,33-22-12-4-13-23-33)34-24-14-5-15-25-34/h1-25H,26-29H2/q+1. The number of nitrogens with zero attached hydrogens (tertiary/aromatic N) is 2. The first-order chi connectivity index (χ1) is 19.6. The summed E-state index contributed by atoms with van der Waals surface area (Å²) in [4.78, 5) is 0. The van der Waals surface area contributed by atoms with Crippen LogP contribution in [0, 0.1) is 0 Å². The first kappa shape index (κ1) is 27.9. The van der Waals surface area contributed by atoms with E-state index in [1.54, 1.807) is 0 Å². The Bertz CT molecular complexity index is 1490. The molecule has 5 aromatic rings. The van der Waals surface area contributed by atoms with Crippen molar-refractivity contribution in [3.63, 3.8) is 0 Å². The molecule has 0 fully saturated rings. The highest BCUT2D eigenvalue weighted by Crippen LogP contribution is 2.48. The molecule has 5 aromatic carbocycles. The molecule has 200 valence electrons. The van der Waals surface area contributed by atoms with Gasteiger partial charge in [-0.15, -0.1) is 0 Å². The molecule has 1 atom stereocenters. The van der Waals surface area contributed by atoms with Gasteiger partial charge in [-0.05, 0) is 52.1 Å². The lowest BCUT2D eigenvalue weighted by atomic mass is 10.2. The predicted molar refractivity (Wildman–Crippen MR) is 167 cm³/mol. The summed E-state index contributed by atoms with van der Waals surface area (Å²) in [5.74, 6) is 0. The zero-order valence-corrected chi connectivity index (χ0v) is 24.2. The summed E-state index contributed by atoms with van der Waals surface area (Å²) < 4.78 is 33.4. The molecule has 40 heavy (non-hydrogen) atoms. The van der Waals surface area contributed by atoms with Gasteiger partial charge in [0.15, 0.2) is 0 Å². The van der Waals surface area contributed by atoms with Crippen LogP contribution >= 0.6 is 15.2 Å². The van der Waals surface area contributed by atoms with Crippen LogP contribution in [0.25, 0.3) is 0 Å². The summed E-state index contributed by atoms with van der Waals surface area (Å²) in [6.45, 7) is 1.99. The minimum atomic E-state index is -3.23. The van der Waals surface area contributed by atoms with Gasteiger partial charge in [0.2, 0.25) is 12.6 Å². The number of benzene rings is 5. The average molecular weight is 564 g/mol. The van der Waals surface area contributed by atoms with Gasteiger partial charge in [-0.2, -0.15) is 0 Å². The molecule has 0 saturated carbocycles. The van der Waals surface area contributed by atoms with Gasteiger partial charge < -0.3 is 0 Å². The molecule has 1 unspecified atom stereocenters. The van der Waals surface area contributed by atoms with E-state index in [1.807, 2.05) is 132 Å². The van der Waals surface area contributed by atoms with Crippen LogP contribution in [0.4, 0.5) is 0 Å². The average Bonchev–Trinajstić information content (AvgIpc) is 3.04. The van der Waals surface area contributed by atoms with E-state index in [9.17, 15) is 4.57 Å². The maximum absolute atomic E-state index is 15.4. The Morgan fingerprint density at radius 2 is 0.900 bits per heavy atom. The van der Waals surface area contributed by atoms with Crippen molar-refractivity contribution in [3.05, 3.63) is 163 Å². The van der Waals surface area contributed by atoms with Gasteiger partial charge in [0.25, 0.3) is 0 Å². The van der Waals surface area contributed by atoms with Gasteiger partial charge >= 0.3 is 7.95 Å². The number of rotatable bonds is 12. The lowest BCUT2D eigenvalue weighted by Crippen LogP contribution is -2.37.